The fraction of sp³-hybridized carbons (Fsp3) is 0.528. The van der Waals surface area contributed by atoms with Crippen molar-refractivity contribution in [1.29, 1.82) is 0 Å². The molecule has 8 nitrogen and oxygen atoms in total. The summed E-state index contributed by atoms with van der Waals surface area (Å²) in [5.74, 6) is -0.944. The van der Waals surface area contributed by atoms with Crippen molar-refractivity contribution < 1.29 is 31.1 Å². The van der Waals surface area contributed by atoms with Gasteiger partial charge in [-0.3, -0.25) is 4.79 Å². The summed E-state index contributed by atoms with van der Waals surface area (Å²) in [6.07, 6.45) is -0.614. The van der Waals surface area contributed by atoms with Crippen molar-refractivity contribution in [1.82, 2.24) is 15.3 Å². The van der Waals surface area contributed by atoms with E-state index in [-0.39, 0.29) is 71.8 Å². The maximum Gasteiger partial charge on any atom is 0.394 e. The van der Waals surface area contributed by atoms with Gasteiger partial charge in [0.15, 0.2) is 0 Å². The van der Waals surface area contributed by atoms with Crippen LogP contribution in [0.5, 0.6) is 5.88 Å². The number of nitrogens with zero attached hydrogens (tertiary/aromatic N) is 2. The summed E-state index contributed by atoms with van der Waals surface area (Å²) in [5, 5.41) is 3.07. The molecule has 2 aromatic carbocycles. The van der Waals surface area contributed by atoms with E-state index in [1.54, 1.807) is 18.2 Å². The van der Waals surface area contributed by atoms with Crippen LogP contribution in [0.1, 0.15) is 80.9 Å². The Morgan fingerprint density at radius 1 is 1.02 bits per heavy atom. The molecular formula is C36H41F3N4O4S. The Hall–Kier alpha value is -3.67. The summed E-state index contributed by atoms with van der Waals surface area (Å²) in [6.45, 7) is 5.66. The van der Waals surface area contributed by atoms with Crippen molar-refractivity contribution >= 4 is 21.9 Å². The Kier molecular flexibility index (Phi) is 8.03. The van der Waals surface area contributed by atoms with Crippen LogP contribution < -0.4 is 14.8 Å². The summed E-state index contributed by atoms with van der Waals surface area (Å²) in [6, 6.07) is 14.1. The minimum Gasteiger partial charge on any atom is -0.477 e. The van der Waals surface area contributed by atoms with Crippen molar-refractivity contribution in [3.05, 3.63) is 65.2 Å². The number of aromatic nitrogens is 2. The number of carbonyl (C=O) groups excluding carboxylic acids is 1. The molecule has 3 aromatic rings. The van der Waals surface area contributed by atoms with Crippen molar-refractivity contribution in [2.45, 2.75) is 95.2 Å². The Bertz CT molecular complexity index is 1830. The normalized spacial score (nSPS) is 28.4. The molecule has 3 aliphatic carbocycles. The molecule has 2 N–H and O–H groups in total. The van der Waals surface area contributed by atoms with E-state index in [2.05, 4.69) is 20.0 Å². The van der Waals surface area contributed by atoms with Gasteiger partial charge in [-0.25, -0.2) is 18.1 Å². The smallest absolute Gasteiger partial charge is 0.394 e. The largest absolute Gasteiger partial charge is 0.477 e. The van der Waals surface area contributed by atoms with Crippen molar-refractivity contribution in [2.24, 2.45) is 22.7 Å². The molecule has 1 spiro atoms. The quantitative estimate of drug-likeness (QED) is 0.279. The summed E-state index contributed by atoms with van der Waals surface area (Å²) < 4.78 is 79.9. The second-order valence-corrected chi connectivity index (χ2v) is 16.3. The molecule has 0 saturated heterocycles. The van der Waals surface area contributed by atoms with E-state index in [9.17, 15) is 26.4 Å². The van der Waals surface area contributed by atoms with E-state index in [0.717, 1.165) is 42.4 Å². The number of sulfonamides is 1. The van der Waals surface area contributed by atoms with Gasteiger partial charge >= 0.3 is 6.18 Å². The standard InChI is InChI=1S/C36H41F3N4O4S/c1-4-29(44)40-26-18-34(19-26)15-24(16-34)32-23-9-6-10-27(13-23)48(45,46)43-33-41-28(31-21(2)7-5-8-22(31)3)14-30(42-33)47-20-25(32)17-35(11-12-35)36(37,38)39/h5-10,13-14,24-26,32H,4,11-12,15-20H2,1-3H3,(H,40,44)(H,41,42,43)/t24?,25-,26?,32?,34?/m1/s1. The number of rotatable bonds is 6. The Balaban J connectivity index is 1.28. The number of fused-ring (bicyclic) bond motifs is 4. The predicted molar refractivity (Wildman–Crippen MR) is 175 cm³/mol. The molecule has 0 radical (unpaired) electrons. The molecule has 2 heterocycles. The Morgan fingerprint density at radius 3 is 2.35 bits per heavy atom. The second-order valence-electron chi connectivity index (χ2n) is 14.6. The van der Waals surface area contributed by atoms with Gasteiger partial charge < -0.3 is 10.1 Å². The third kappa shape index (κ3) is 6.05. The minimum atomic E-state index is -4.35. The topological polar surface area (TPSA) is 110 Å². The summed E-state index contributed by atoms with van der Waals surface area (Å²) in [7, 11) is -4.16. The predicted octanol–water partition coefficient (Wildman–Crippen LogP) is 7.47. The molecule has 4 bridgehead atoms. The van der Waals surface area contributed by atoms with Gasteiger partial charge in [0.05, 0.1) is 22.6 Å². The van der Waals surface area contributed by atoms with Gasteiger partial charge in [-0.2, -0.15) is 18.2 Å². The number of hydrogen-bond donors (Lipinski definition) is 2. The van der Waals surface area contributed by atoms with Crippen LogP contribution >= 0.6 is 0 Å². The Morgan fingerprint density at radius 2 is 1.71 bits per heavy atom. The lowest BCUT2D eigenvalue weighted by Crippen LogP contribution is -2.57. The molecule has 3 fully saturated rings. The first-order valence-corrected chi connectivity index (χ1v) is 18.3. The van der Waals surface area contributed by atoms with Crippen LogP contribution in [0.2, 0.25) is 0 Å². The van der Waals surface area contributed by atoms with Gasteiger partial charge in [-0.05, 0) is 105 Å². The van der Waals surface area contributed by atoms with Crippen LogP contribution in [0.4, 0.5) is 19.1 Å². The van der Waals surface area contributed by atoms with Gasteiger partial charge in [-0.15, -0.1) is 0 Å². The van der Waals surface area contributed by atoms with Gasteiger partial charge in [0.1, 0.15) is 0 Å². The number of nitrogens with one attached hydrogen (secondary N) is 2. The van der Waals surface area contributed by atoms with Crippen LogP contribution in [0.25, 0.3) is 11.3 Å². The maximum atomic E-state index is 14.5. The molecule has 1 amide bonds. The first kappa shape index (κ1) is 32.9. The highest BCUT2D eigenvalue weighted by atomic mass is 32.2. The van der Waals surface area contributed by atoms with Crippen LogP contribution in [-0.4, -0.2) is 43.1 Å². The van der Waals surface area contributed by atoms with Crippen LogP contribution in [0, 0.1) is 36.5 Å². The molecule has 3 saturated carbocycles. The summed E-state index contributed by atoms with van der Waals surface area (Å²) in [4.78, 5) is 20.9. The number of hydrogen-bond acceptors (Lipinski definition) is 6. The molecule has 1 unspecified atom stereocenters. The third-order valence-corrected chi connectivity index (χ3v) is 12.5. The van der Waals surface area contributed by atoms with Crippen LogP contribution in [0.15, 0.2) is 53.4 Å². The average molecular weight is 683 g/mol. The number of anilines is 1. The van der Waals surface area contributed by atoms with Crippen LogP contribution in [-0.2, 0) is 14.8 Å². The first-order valence-electron chi connectivity index (χ1n) is 16.8. The van der Waals surface area contributed by atoms with Gasteiger partial charge in [0.25, 0.3) is 10.0 Å². The van der Waals surface area contributed by atoms with E-state index in [0.29, 0.717) is 17.7 Å². The molecule has 256 valence electrons. The van der Waals surface area contributed by atoms with Crippen molar-refractivity contribution in [2.75, 3.05) is 11.3 Å². The maximum absolute atomic E-state index is 14.5. The molecule has 2 atom stereocenters. The summed E-state index contributed by atoms with van der Waals surface area (Å²) in [5.41, 5.74) is 2.06. The molecule has 7 rings (SSSR count). The zero-order valence-corrected chi connectivity index (χ0v) is 28.2. The fourth-order valence-corrected chi connectivity index (χ4v) is 9.68. The number of ether oxygens (including phenoxy) is 1. The second kappa shape index (κ2) is 11.7. The number of amides is 1. The molecule has 1 aliphatic heterocycles. The van der Waals surface area contributed by atoms with E-state index in [1.807, 2.05) is 45.0 Å². The SMILES string of the molecule is CCC(=O)NC1CC2(C1)CC(C1c3cccc(c3)S(=O)(=O)Nc3nc(cc(-c4c(C)cccc4C)n3)OC[C@H]1CC1(C(F)(F)F)CC1)C2. The van der Waals surface area contributed by atoms with E-state index >= 15 is 0 Å². The van der Waals surface area contributed by atoms with Crippen molar-refractivity contribution in [3.8, 4) is 17.1 Å². The monoisotopic (exact) mass is 682 g/mol. The van der Waals surface area contributed by atoms with E-state index in [4.69, 9.17) is 4.74 Å². The zero-order valence-electron chi connectivity index (χ0n) is 27.4. The number of alkyl halides is 3. The fourth-order valence-electron chi connectivity index (χ4n) is 8.68. The molecule has 1 aromatic heterocycles. The lowest BCUT2D eigenvalue weighted by molar-refractivity contribution is -0.194. The van der Waals surface area contributed by atoms with Gasteiger partial charge in [0, 0.05) is 30.0 Å². The minimum absolute atomic E-state index is 0.00449. The third-order valence-electron chi connectivity index (χ3n) is 11.2. The highest BCUT2D eigenvalue weighted by molar-refractivity contribution is 7.92. The zero-order chi connectivity index (χ0) is 34.1. The highest BCUT2D eigenvalue weighted by Gasteiger charge is 2.64. The number of aryl methyl sites for hydroxylation is 2. The van der Waals surface area contributed by atoms with E-state index < -0.39 is 27.5 Å². The number of halogens is 3. The first-order chi connectivity index (χ1) is 22.7. The molecular weight excluding hydrogens is 641 g/mol. The number of carbonyl (C=O) groups is 1. The molecule has 4 aliphatic rings. The van der Waals surface area contributed by atoms with E-state index in [1.165, 1.54) is 6.07 Å². The summed E-state index contributed by atoms with van der Waals surface area (Å²) >= 11 is 0. The lowest BCUT2D eigenvalue weighted by atomic mass is 9.46. The van der Waals surface area contributed by atoms with Crippen molar-refractivity contribution in [3.63, 3.8) is 0 Å². The Labute approximate surface area is 279 Å². The van der Waals surface area contributed by atoms with Gasteiger partial charge in [0.2, 0.25) is 17.7 Å². The average Bonchev–Trinajstić information content (AvgIpc) is 3.78. The lowest BCUT2D eigenvalue weighted by Gasteiger charge is -2.60. The highest BCUT2D eigenvalue weighted by Crippen LogP contribution is 2.66. The van der Waals surface area contributed by atoms with Crippen LogP contribution in [0.3, 0.4) is 0 Å². The van der Waals surface area contributed by atoms with Gasteiger partial charge in [-0.1, -0.05) is 37.3 Å². The molecule has 48 heavy (non-hydrogen) atoms. The number of benzene rings is 2. The molecule has 12 heteroatoms.